The van der Waals surface area contributed by atoms with Crippen LogP contribution in [-0.2, 0) is 10.3 Å². The van der Waals surface area contributed by atoms with Gasteiger partial charge >= 0.3 is 6.03 Å². The van der Waals surface area contributed by atoms with E-state index in [0.717, 1.165) is 64.6 Å². The van der Waals surface area contributed by atoms with Gasteiger partial charge in [0.2, 0.25) is 0 Å². The molecular formula is C25H40N4O3. The Labute approximate surface area is 192 Å². The van der Waals surface area contributed by atoms with Crippen LogP contribution in [0.25, 0.3) is 0 Å². The molecule has 2 amide bonds. The molecule has 0 unspecified atom stereocenters. The fraction of sp³-hybridized carbons (Fsp3) is 0.720. The van der Waals surface area contributed by atoms with E-state index in [1.807, 2.05) is 9.80 Å². The summed E-state index contributed by atoms with van der Waals surface area (Å²) in [6.45, 7) is 4.13. The lowest BCUT2D eigenvalue weighted by Gasteiger charge is -2.50. The standard InChI is InChI=1S/C25H40N4O3/c1-26-25(21-7-4-3-5-8-21)13-11-23(12-14-25)19-28(17-15-27-16-18-32-2)22(30)29(23)20-24(31)9-6-10-24/h3-5,7-8,26-27,31H,6,9-20H2,1-2H3. The highest BCUT2D eigenvalue weighted by Gasteiger charge is 2.55. The normalized spacial score (nSPS) is 29.5. The second kappa shape index (κ2) is 9.67. The number of hydrogen-bond acceptors (Lipinski definition) is 5. The molecule has 0 bridgehead atoms. The van der Waals surface area contributed by atoms with Gasteiger partial charge in [-0.2, -0.15) is 0 Å². The summed E-state index contributed by atoms with van der Waals surface area (Å²) in [6, 6.07) is 10.8. The lowest BCUT2D eigenvalue weighted by Crippen LogP contribution is -2.59. The van der Waals surface area contributed by atoms with Gasteiger partial charge in [0, 0.05) is 38.8 Å². The van der Waals surface area contributed by atoms with E-state index < -0.39 is 5.60 Å². The van der Waals surface area contributed by atoms with Crippen LogP contribution in [0.3, 0.4) is 0 Å². The van der Waals surface area contributed by atoms with Crippen molar-refractivity contribution in [3.05, 3.63) is 35.9 Å². The maximum Gasteiger partial charge on any atom is 0.320 e. The van der Waals surface area contributed by atoms with Crippen LogP contribution in [0.2, 0.25) is 0 Å². The maximum atomic E-state index is 13.5. The van der Waals surface area contributed by atoms with Crippen molar-refractivity contribution in [3.63, 3.8) is 0 Å². The lowest BCUT2D eigenvalue weighted by molar-refractivity contribution is -0.0690. The van der Waals surface area contributed by atoms with Gasteiger partial charge in [-0.3, -0.25) is 0 Å². The molecule has 3 aliphatic rings. The Kier molecular flexibility index (Phi) is 7.10. The number of nitrogens with one attached hydrogen (secondary N) is 2. The molecule has 1 aromatic carbocycles. The van der Waals surface area contributed by atoms with Crippen LogP contribution in [0.4, 0.5) is 4.79 Å². The first-order chi connectivity index (χ1) is 15.5. The third-order valence-electron chi connectivity index (χ3n) is 8.18. The second-order valence-electron chi connectivity index (χ2n) is 10.0. The van der Waals surface area contributed by atoms with E-state index in [4.69, 9.17) is 4.74 Å². The molecule has 2 aliphatic carbocycles. The van der Waals surface area contributed by atoms with Crippen LogP contribution in [-0.4, -0.2) is 85.6 Å². The molecule has 0 atom stereocenters. The minimum atomic E-state index is -0.702. The SMILES string of the molecule is CNC1(c2ccccc2)CCC2(CC1)CN(CCNCCOC)C(=O)N2CC1(O)CCC1. The highest BCUT2D eigenvalue weighted by molar-refractivity contribution is 5.78. The Morgan fingerprint density at radius 1 is 1.06 bits per heavy atom. The van der Waals surface area contributed by atoms with Crippen LogP contribution in [0.1, 0.15) is 50.5 Å². The quantitative estimate of drug-likeness (QED) is 0.483. The van der Waals surface area contributed by atoms with Crippen LogP contribution in [0.5, 0.6) is 0 Å². The predicted octanol–water partition coefficient (Wildman–Crippen LogP) is 2.30. The largest absolute Gasteiger partial charge is 0.388 e. The molecule has 0 radical (unpaired) electrons. The molecule has 7 nitrogen and oxygen atoms in total. The number of ether oxygens (including phenoxy) is 1. The van der Waals surface area contributed by atoms with Gasteiger partial charge in [0.1, 0.15) is 0 Å². The Morgan fingerprint density at radius 3 is 2.38 bits per heavy atom. The highest BCUT2D eigenvalue weighted by Crippen LogP contribution is 2.48. The van der Waals surface area contributed by atoms with Crippen molar-refractivity contribution in [2.24, 2.45) is 0 Å². The van der Waals surface area contributed by atoms with Crippen LogP contribution < -0.4 is 10.6 Å². The van der Waals surface area contributed by atoms with Crippen molar-refractivity contribution in [1.29, 1.82) is 0 Å². The van der Waals surface area contributed by atoms with E-state index in [1.165, 1.54) is 5.56 Å². The summed E-state index contributed by atoms with van der Waals surface area (Å²) >= 11 is 0. The Balaban J connectivity index is 1.49. The molecule has 1 aliphatic heterocycles. The van der Waals surface area contributed by atoms with E-state index >= 15 is 0 Å². The molecule has 3 N–H and O–H groups in total. The fourth-order valence-corrected chi connectivity index (χ4v) is 5.85. The number of carbonyl (C=O) groups is 1. The first kappa shape index (κ1) is 23.5. The van der Waals surface area contributed by atoms with Gasteiger partial charge in [0.25, 0.3) is 0 Å². The summed E-state index contributed by atoms with van der Waals surface area (Å²) in [5.74, 6) is 0. The molecule has 1 saturated heterocycles. The summed E-state index contributed by atoms with van der Waals surface area (Å²) in [5.41, 5.74) is 0.380. The molecule has 178 valence electrons. The molecule has 1 heterocycles. The summed E-state index contributed by atoms with van der Waals surface area (Å²) in [5, 5.41) is 17.9. The zero-order valence-corrected chi connectivity index (χ0v) is 19.7. The first-order valence-electron chi connectivity index (χ1n) is 12.2. The number of β-amino-alcohol motifs (C(OH)–C–C–N with tert-alkyl or cyclic N) is 1. The Morgan fingerprint density at radius 2 is 1.78 bits per heavy atom. The highest BCUT2D eigenvalue weighted by atomic mass is 16.5. The lowest BCUT2D eigenvalue weighted by atomic mass is 9.68. The van der Waals surface area contributed by atoms with Crippen molar-refractivity contribution in [3.8, 4) is 0 Å². The van der Waals surface area contributed by atoms with E-state index in [2.05, 4.69) is 48.0 Å². The van der Waals surface area contributed by atoms with Gasteiger partial charge in [0.05, 0.1) is 24.3 Å². The van der Waals surface area contributed by atoms with Crippen molar-refractivity contribution < 1.29 is 14.6 Å². The second-order valence-corrected chi connectivity index (χ2v) is 10.0. The summed E-state index contributed by atoms with van der Waals surface area (Å²) in [4.78, 5) is 17.5. The Bertz CT molecular complexity index is 760. The molecular weight excluding hydrogens is 404 g/mol. The topological polar surface area (TPSA) is 77.1 Å². The molecule has 1 spiro atoms. The monoisotopic (exact) mass is 444 g/mol. The van der Waals surface area contributed by atoms with Crippen molar-refractivity contribution in [1.82, 2.24) is 20.4 Å². The van der Waals surface area contributed by atoms with Gasteiger partial charge in [-0.25, -0.2) is 4.79 Å². The fourth-order valence-electron chi connectivity index (χ4n) is 5.85. The minimum Gasteiger partial charge on any atom is -0.388 e. The number of benzene rings is 1. The third kappa shape index (κ3) is 4.53. The first-order valence-corrected chi connectivity index (χ1v) is 12.2. The van der Waals surface area contributed by atoms with Crippen molar-refractivity contribution >= 4 is 6.03 Å². The summed E-state index contributed by atoms with van der Waals surface area (Å²) in [6.07, 6.45) is 6.50. The van der Waals surface area contributed by atoms with Crippen molar-refractivity contribution in [2.45, 2.75) is 61.6 Å². The number of rotatable bonds is 10. The summed E-state index contributed by atoms with van der Waals surface area (Å²) in [7, 11) is 3.75. The number of urea groups is 1. The van der Waals surface area contributed by atoms with E-state index in [1.54, 1.807) is 7.11 Å². The number of amides is 2. The van der Waals surface area contributed by atoms with E-state index in [-0.39, 0.29) is 17.1 Å². The molecule has 3 fully saturated rings. The zero-order valence-electron chi connectivity index (χ0n) is 19.7. The van der Waals surface area contributed by atoms with Gasteiger partial charge in [-0.1, -0.05) is 30.3 Å². The van der Waals surface area contributed by atoms with Gasteiger partial charge in [-0.05, 0) is 57.6 Å². The van der Waals surface area contributed by atoms with Crippen LogP contribution >= 0.6 is 0 Å². The third-order valence-corrected chi connectivity index (χ3v) is 8.18. The molecule has 1 aromatic rings. The average Bonchev–Trinajstić information content (AvgIpc) is 3.05. The van der Waals surface area contributed by atoms with Gasteiger partial charge in [-0.15, -0.1) is 0 Å². The number of carbonyl (C=O) groups excluding carboxylic acids is 1. The summed E-state index contributed by atoms with van der Waals surface area (Å²) < 4.78 is 5.10. The maximum absolute atomic E-state index is 13.5. The smallest absolute Gasteiger partial charge is 0.320 e. The van der Waals surface area contributed by atoms with Gasteiger partial charge in [0.15, 0.2) is 0 Å². The average molecular weight is 445 g/mol. The van der Waals surface area contributed by atoms with Crippen LogP contribution in [0.15, 0.2) is 30.3 Å². The predicted molar refractivity (Wildman–Crippen MR) is 126 cm³/mol. The molecule has 0 aromatic heterocycles. The van der Waals surface area contributed by atoms with Crippen molar-refractivity contribution in [2.75, 3.05) is 53.5 Å². The van der Waals surface area contributed by atoms with Crippen LogP contribution in [0, 0.1) is 0 Å². The van der Waals surface area contributed by atoms with E-state index in [0.29, 0.717) is 19.7 Å². The number of aliphatic hydroxyl groups is 1. The Hall–Kier alpha value is -1.67. The number of nitrogens with zero attached hydrogens (tertiary/aromatic N) is 2. The molecule has 7 heteroatoms. The minimum absolute atomic E-state index is 0.0519. The molecule has 32 heavy (non-hydrogen) atoms. The molecule has 2 saturated carbocycles. The van der Waals surface area contributed by atoms with E-state index in [9.17, 15) is 9.90 Å². The number of methoxy groups -OCH3 is 1. The van der Waals surface area contributed by atoms with Gasteiger partial charge < -0.3 is 30.3 Å². The molecule has 4 rings (SSSR count). The zero-order chi connectivity index (χ0) is 22.7. The number of hydrogen-bond donors (Lipinski definition) is 3.